The average molecular weight is 397 g/mol. The smallest absolute Gasteiger partial charge is 0.272 e. The number of β-amino-alcohol motifs (C(OH)–C–C–N with tert-alkyl or cyclic N) is 1. The van der Waals surface area contributed by atoms with Crippen LogP contribution in [-0.2, 0) is 7.05 Å². The predicted octanol–water partition coefficient (Wildman–Crippen LogP) is 2.64. The van der Waals surface area contributed by atoms with E-state index in [0.29, 0.717) is 25.3 Å². The third kappa shape index (κ3) is 4.01. The second kappa shape index (κ2) is 8.26. The molecule has 3 aromatic rings. The largest absolute Gasteiger partial charge is 0.386 e. The molecule has 3 heterocycles. The number of benzene rings is 1. The molecule has 1 aromatic carbocycles. The molecule has 0 radical (unpaired) electrons. The van der Waals surface area contributed by atoms with Crippen molar-refractivity contribution in [2.75, 3.05) is 32.7 Å². The highest BCUT2D eigenvalue weighted by atomic mass is 32.1. The molecule has 146 valence electrons. The van der Waals surface area contributed by atoms with Crippen molar-refractivity contribution in [2.45, 2.75) is 6.10 Å². The van der Waals surface area contributed by atoms with Crippen LogP contribution in [0.25, 0.3) is 11.3 Å². The fourth-order valence-corrected chi connectivity index (χ4v) is 4.23. The average Bonchev–Trinajstić information content (AvgIpc) is 3.39. The Bertz CT molecular complexity index is 915. The SMILES string of the molecule is Cn1nc(-c2ccccc2)cc1C(=O)N1CCN(C[C@H](O)c2cccs2)CC1. The lowest BCUT2D eigenvalue weighted by Gasteiger charge is -2.35. The highest BCUT2D eigenvalue weighted by Crippen LogP contribution is 2.22. The molecule has 0 saturated carbocycles. The molecule has 28 heavy (non-hydrogen) atoms. The van der Waals surface area contributed by atoms with Crippen LogP contribution in [0.1, 0.15) is 21.5 Å². The summed E-state index contributed by atoms with van der Waals surface area (Å²) in [5.74, 6) is 0.00985. The summed E-state index contributed by atoms with van der Waals surface area (Å²) in [7, 11) is 1.81. The summed E-state index contributed by atoms with van der Waals surface area (Å²) < 4.78 is 1.66. The molecule has 1 N–H and O–H groups in total. The first kappa shape index (κ1) is 18.9. The molecular formula is C21H24N4O2S. The van der Waals surface area contributed by atoms with Gasteiger partial charge in [0.1, 0.15) is 11.8 Å². The van der Waals surface area contributed by atoms with E-state index in [0.717, 1.165) is 29.2 Å². The molecule has 6 nitrogen and oxygen atoms in total. The number of thiophene rings is 1. The lowest BCUT2D eigenvalue weighted by atomic mass is 10.1. The van der Waals surface area contributed by atoms with Gasteiger partial charge in [0.25, 0.3) is 5.91 Å². The molecule has 1 atom stereocenters. The van der Waals surface area contributed by atoms with Gasteiger partial charge >= 0.3 is 0 Å². The molecule has 0 bridgehead atoms. The third-order valence-corrected chi connectivity index (χ3v) is 6.10. The minimum absolute atomic E-state index is 0.00985. The first-order chi connectivity index (χ1) is 13.6. The quantitative estimate of drug-likeness (QED) is 0.720. The zero-order valence-electron chi connectivity index (χ0n) is 15.9. The van der Waals surface area contributed by atoms with E-state index in [9.17, 15) is 9.90 Å². The van der Waals surface area contributed by atoms with Crippen molar-refractivity contribution in [1.29, 1.82) is 0 Å². The van der Waals surface area contributed by atoms with Crippen LogP contribution in [0.15, 0.2) is 53.9 Å². The van der Waals surface area contributed by atoms with Gasteiger partial charge in [0.15, 0.2) is 0 Å². The number of hydrogen-bond donors (Lipinski definition) is 1. The van der Waals surface area contributed by atoms with E-state index in [1.54, 1.807) is 16.0 Å². The molecular weight excluding hydrogens is 372 g/mol. The lowest BCUT2D eigenvalue weighted by molar-refractivity contribution is 0.0524. The Hall–Kier alpha value is -2.48. The number of aromatic nitrogens is 2. The molecule has 0 spiro atoms. The van der Waals surface area contributed by atoms with Gasteiger partial charge in [-0.15, -0.1) is 11.3 Å². The van der Waals surface area contributed by atoms with Crippen molar-refractivity contribution in [3.8, 4) is 11.3 Å². The zero-order valence-corrected chi connectivity index (χ0v) is 16.7. The van der Waals surface area contributed by atoms with Crippen LogP contribution in [0, 0.1) is 0 Å². The van der Waals surface area contributed by atoms with Gasteiger partial charge in [-0.3, -0.25) is 14.4 Å². The summed E-state index contributed by atoms with van der Waals surface area (Å²) in [6, 6.07) is 15.7. The first-order valence-electron chi connectivity index (χ1n) is 9.44. The number of hydrogen-bond acceptors (Lipinski definition) is 5. The Morgan fingerprint density at radius 2 is 1.89 bits per heavy atom. The molecule has 7 heteroatoms. The predicted molar refractivity (Wildman–Crippen MR) is 110 cm³/mol. The molecule has 0 unspecified atom stereocenters. The molecule has 1 aliphatic heterocycles. The molecule has 0 aliphatic carbocycles. The summed E-state index contributed by atoms with van der Waals surface area (Å²) in [5, 5.41) is 16.8. The number of aliphatic hydroxyl groups is 1. The number of aliphatic hydroxyl groups excluding tert-OH is 1. The van der Waals surface area contributed by atoms with E-state index in [1.165, 1.54) is 0 Å². The summed E-state index contributed by atoms with van der Waals surface area (Å²) in [5.41, 5.74) is 2.42. The molecule has 1 fully saturated rings. The van der Waals surface area contributed by atoms with Crippen LogP contribution < -0.4 is 0 Å². The third-order valence-electron chi connectivity index (χ3n) is 5.13. The van der Waals surface area contributed by atoms with Crippen molar-refractivity contribution in [2.24, 2.45) is 7.05 Å². The van der Waals surface area contributed by atoms with Crippen molar-refractivity contribution < 1.29 is 9.90 Å². The molecule has 4 rings (SSSR count). The highest BCUT2D eigenvalue weighted by Gasteiger charge is 2.26. The number of carbonyl (C=O) groups excluding carboxylic acids is 1. The minimum atomic E-state index is -0.465. The summed E-state index contributed by atoms with van der Waals surface area (Å²) in [6.07, 6.45) is -0.465. The first-order valence-corrected chi connectivity index (χ1v) is 10.3. The van der Waals surface area contributed by atoms with E-state index in [1.807, 2.05) is 65.9 Å². The Kier molecular flexibility index (Phi) is 5.57. The maximum atomic E-state index is 13.0. The molecule has 1 aliphatic rings. The van der Waals surface area contributed by atoms with Crippen molar-refractivity contribution in [3.63, 3.8) is 0 Å². The number of piperazine rings is 1. The Morgan fingerprint density at radius 3 is 2.57 bits per heavy atom. The van der Waals surface area contributed by atoms with Gasteiger partial charge in [0, 0.05) is 50.2 Å². The van der Waals surface area contributed by atoms with Gasteiger partial charge in [-0.25, -0.2) is 0 Å². The van der Waals surface area contributed by atoms with Crippen LogP contribution in [0.4, 0.5) is 0 Å². The number of nitrogens with zero attached hydrogens (tertiary/aromatic N) is 4. The van der Waals surface area contributed by atoms with E-state index >= 15 is 0 Å². The van der Waals surface area contributed by atoms with Crippen LogP contribution >= 0.6 is 11.3 Å². The Morgan fingerprint density at radius 1 is 1.14 bits per heavy atom. The molecule has 2 aromatic heterocycles. The van der Waals surface area contributed by atoms with E-state index < -0.39 is 6.10 Å². The van der Waals surface area contributed by atoms with E-state index in [4.69, 9.17) is 0 Å². The van der Waals surface area contributed by atoms with Crippen molar-refractivity contribution in [3.05, 3.63) is 64.5 Å². The fraction of sp³-hybridized carbons (Fsp3) is 0.333. The number of amides is 1. The second-order valence-electron chi connectivity index (χ2n) is 7.03. The van der Waals surface area contributed by atoms with Gasteiger partial charge in [-0.2, -0.15) is 5.10 Å². The summed E-state index contributed by atoms with van der Waals surface area (Å²) in [6.45, 7) is 3.44. The van der Waals surface area contributed by atoms with Crippen molar-refractivity contribution in [1.82, 2.24) is 19.6 Å². The van der Waals surface area contributed by atoms with Gasteiger partial charge in [0.05, 0.1) is 5.69 Å². The maximum absolute atomic E-state index is 13.0. The van der Waals surface area contributed by atoms with Crippen LogP contribution in [0.2, 0.25) is 0 Å². The van der Waals surface area contributed by atoms with Crippen LogP contribution in [0.3, 0.4) is 0 Å². The van der Waals surface area contributed by atoms with E-state index in [-0.39, 0.29) is 5.91 Å². The maximum Gasteiger partial charge on any atom is 0.272 e. The summed E-state index contributed by atoms with van der Waals surface area (Å²) in [4.78, 5) is 18.1. The number of rotatable bonds is 5. The monoisotopic (exact) mass is 396 g/mol. The normalized spacial score (nSPS) is 16.3. The highest BCUT2D eigenvalue weighted by molar-refractivity contribution is 7.10. The Labute approximate surface area is 168 Å². The molecule has 1 amide bonds. The van der Waals surface area contributed by atoms with Gasteiger partial charge < -0.3 is 10.0 Å². The molecule has 1 saturated heterocycles. The standard InChI is InChI=1S/C21H24N4O2S/c1-23-18(14-17(22-23)16-6-3-2-4-7-16)21(27)25-11-9-24(10-12-25)15-19(26)20-8-5-13-28-20/h2-8,13-14,19,26H,9-12,15H2,1H3/t19-/m0/s1. The fourth-order valence-electron chi connectivity index (χ4n) is 3.53. The Balaban J connectivity index is 1.37. The zero-order chi connectivity index (χ0) is 19.5. The van der Waals surface area contributed by atoms with Crippen LogP contribution in [-0.4, -0.2) is 63.3 Å². The lowest BCUT2D eigenvalue weighted by Crippen LogP contribution is -2.49. The van der Waals surface area contributed by atoms with Gasteiger partial charge in [-0.05, 0) is 17.5 Å². The summed E-state index contributed by atoms with van der Waals surface area (Å²) >= 11 is 1.57. The number of carbonyl (C=O) groups is 1. The van der Waals surface area contributed by atoms with Crippen molar-refractivity contribution >= 4 is 17.2 Å². The topological polar surface area (TPSA) is 61.6 Å². The van der Waals surface area contributed by atoms with E-state index in [2.05, 4.69) is 10.00 Å². The van der Waals surface area contributed by atoms with Gasteiger partial charge in [-0.1, -0.05) is 36.4 Å². The van der Waals surface area contributed by atoms with Crippen LogP contribution in [0.5, 0.6) is 0 Å². The van der Waals surface area contributed by atoms with Gasteiger partial charge in [0.2, 0.25) is 0 Å². The minimum Gasteiger partial charge on any atom is -0.386 e. The number of aryl methyl sites for hydroxylation is 1. The second-order valence-corrected chi connectivity index (χ2v) is 8.01.